The van der Waals surface area contributed by atoms with Gasteiger partial charge < -0.3 is 4.52 Å². The smallest absolute Gasteiger partial charge is 0.269 e. The number of aryl methyl sites for hydroxylation is 2. The molecule has 0 aliphatic rings. The van der Waals surface area contributed by atoms with Crippen molar-refractivity contribution in [2.24, 2.45) is 0 Å². The van der Waals surface area contributed by atoms with Crippen LogP contribution in [0.25, 0.3) is 0 Å². The van der Waals surface area contributed by atoms with Crippen molar-refractivity contribution in [3.05, 3.63) is 57.0 Å². The van der Waals surface area contributed by atoms with Gasteiger partial charge in [-0.1, -0.05) is 17.3 Å². The van der Waals surface area contributed by atoms with E-state index in [9.17, 15) is 15.4 Å². The Balaban J connectivity index is 2.25. The quantitative estimate of drug-likeness (QED) is 0.629. The first-order valence-corrected chi connectivity index (χ1v) is 6.08. The lowest BCUT2D eigenvalue weighted by Gasteiger charge is -2.08. The number of non-ortho nitro benzene ring substituents is 1. The lowest BCUT2D eigenvalue weighted by molar-refractivity contribution is -0.384. The lowest BCUT2D eigenvalue weighted by atomic mass is 9.92. The van der Waals surface area contributed by atoms with E-state index in [1.165, 1.54) is 12.1 Å². The van der Waals surface area contributed by atoms with Gasteiger partial charge in [0.1, 0.15) is 5.76 Å². The van der Waals surface area contributed by atoms with Gasteiger partial charge in [-0.05, 0) is 25.8 Å². The molecule has 1 heterocycles. The van der Waals surface area contributed by atoms with E-state index in [0.29, 0.717) is 12.2 Å². The van der Waals surface area contributed by atoms with Gasteiger partial charge in [0.2, 0.25) is 0 Å². The summed E-state index contributed by atoms with van der Waals surface area (Å²) >= 11 is 0. The van der Waals surface area contributed by atoms with Crippen molar-refractivity contribution in [1.29, 1.82) is 5.26 Å². The highest BCUT2D eigenvalue weighted by Crippen LogP contribution is 2.25. The highest BCUT2D eigenvalue weighted by atomic mass is 16.6. The fourth-order valence-corrected chi connectivity index (χ4v) is 2.06. The van der Waals surface area contributed by atoms with Crippen LogP contribution < -0.4 is 0 Å². The van der Waals surface area contributed by atoms with Crippen LogP contribution in [-0.4, -0.2) is 10.1 Å². The molecule has 2 aromatic rings. The maximum Gasteiger partial charge on any atom is 0.269 e. The van der Waals surface area contributed by atoms with Gasteiger partial charge in [0.05, 0.1) is 22.6 Å². The summed E-state index contributed by atoms with van der Waals surface area (Å²) in [6, 6.07) is 8.27. The third kappa shape index (κ3) is 2.67. The summed E-state index contributed by atoms with van der Waals surface area (Å²) in [5.74, 6) is 0.317. The van der Waals surface area contributed by atoms with E-state index in [1.807, 2.05) is 6.92 Å². The molecule has 1 aromatic carbocycles. The van der Waals surface area contributed by atoms with Gasteiger partial charge in [0, 0.05) is 17.7 Å². The number of nitrogens with zero attached hydrogens (tertiary/aromatic N) is 3. The largest absolute Gasteiger partial charge is 0.361 e. The highest BCUT2D eigenvalue weighted by molar-refractivity contribution is 5.37. The summed E-state index contributed by atoms with van der Waals surface area (Å²) in [6.07, 6.45) is 0.482. The van der Waals surface area contributed by atoms with Crippen molar-refractivity contribution in [2.45, 2.75) is 26.2 Å². The van der Waals surface area contributed by atoms with Crippen LogP contribution in [0.15, 0.2) is 28.8 Å². The van der Waals surface area contributed by atoms with E-state index >= 15 is 0 Å². The molecule has 0 N–H and O–H groups in total. The highest BCUT2D eigenvalue weighted by Gasteiger charge is 2.18. The van der Waals surface area contributed by atoms with E-state index in [1.54, 1.807) is 19.1 Å². The first-order valence-electron chi connectivity index (χ1n) is 6.08. The van der Waals surface area contributed by atoms with E-state index in [0.717, 1.165) is 16.8 Å². The molecule has 0 aliphatic heterocycles. The van der Waals surface area contributed by atoms with Crippen LogP contribution in [0.5, 0.6) is 0 Å². The second-order valence-electron chi connectivity index (χ2n) is 4.54. The maximum atomic E-state index is 10.6. The predicted molar refractivity (Wildman–Crippen MR) is 71.1 cm³/mol. The normalized spacial score (nSPS) is 11.8. The molecule has 0 bridgehead atoms. The molecule has 0 amide bonds. The van der Waals surface area contributed by atoms with Gasteiger partial charge in [-0.15, -0.1) is 0 Å². The fourth-order valence-electron chi connectivity index (χ4n) is 2.06. The van der Waals surface area contributed by atoms with Crippen molar-refractivity contribution in [3.63, 3.8) is 0 Å². The Morgan fingerprint density at radius 1 is 1.40 bits per heavy atom. The number of aromatic nitrogens is 1. The molecule has 20 heavy (non-hydrogen) atoms. The summed E-state index contributed by atoms with van der Waals surface area (Å²) in [6.45, 7) is 3.63. The zero-order chi connectivity index (χ0) is 14.7. The lowest BCUT2D eigenvalue weighted by Crippen LogP contribution is -2.02. The van der Waals surface area contributed by atoms with Crippen molar-refractivity contribution < 1.29 is 9.45 Å². The molecule has 0 radical (unpaired) electrons. The van der Waals surface area contributed by atoms with E-state index in [4.69, 9.17) is 4.52 Å². The second kappa shape index (κ2) is 5.53. The minimum atomic E-state index is -0.459. The minimum Gasteiger partial charge on any atom is -0.361 e. The van der Waals surface area contributed by atoms with Crippen LogP contribution in [-0.2, 0) is 6.42 Å². The zero-order valence-electron chi connectivity index (χ0n) is 11.2. The number of nitro groups is 1. The van der Waals surface area contributed by atoms with Crippen LogP contribution in [0.1, 0.15) is 28.5 Å². The molecule has 102 valence electrons. The van der Waals surface area contributed by atoms with Gasteiger partial charge in [-0.25, -0.2) is 0 Å². The van der Waals surface area contributed by atoms with Crippen LogP contribution in [0.2, 0.25) is 0 Å². The van der Waals surface area contributed by atoms with E-state index in [2.05, 4.69) is 11.2 Å². The topological polar surface area (TPSA) is 93.0 Å². The van der Waals surface area contributed by atoms with Crippen LogP contribution in [0.3, 0.4) is 0 Å². The first kappa shape index (κ1) is 13.7. The number of hydrogen-bond acceptors (Lipinski definition) is 5. The molecule has 0 aliphatic carbocycles. The molecule has 2 rings (SSSR count). The van der Waals surface area contributed by atoms with Crippen molar-refractivity contribution in [3.8, 4) is 6.07 Å². The van der Waals surface area contributed by atoms with Gasteiger partial charge >= 0.3 is 0 Å². The van der Waals surface area contributed by atoms with Crippen LogP contribution in [0, 0.1) is 35.3 Å². The van der Waals surface area contributed by atoms with E-state index < -0.39 is 4.92 Å². The first-order chi connectivity index (χ1) is 9.52. The average molecular weight is 271 g/mol. The number of benzene rings is 1. The molecular formula is C14H13N3O3. The molecule has 6 nitrogen and oxygen atoms in total. The summed E-state index contributed by atoms with van der Waals surface area (Å²) in [7, 11) is 0. The summed E-state index contributed by atoms with van der Waals surface area (Å²) in [5, 5.41) is 23.8. The Kier molecular flexibility index (Phi) is 3.80. The maximum absolute atomic E-state index is 10.6. The van der Waals surface area contributed by atoms with Crippen LogP contribution >= 0.6 is 0 Å². The molecule has 1 aromatic heterocycles. The van der Waals surface area contributed by atoms with E-state index in [-0.39, 0.29) is 11.6 Å². The van der Waals surface area contributed by atoms with Crippen molar-refractivity contribution in [2.75, 3.05) is 0 Å². The number of nitriles is 1. The molecule has 0 spiro atoms. The summed E-state index contributed by atoms with van der Waals surface area (Å²) < 4.78 is 5.08. The Hall–Kier alpha value is -2.68. The Morgan fingerprint density at radius 3 is 2.50 bits per heavy atom. The van der Waals surface area contributed by atoms with Crippen molar-refractivity contribution >= 4 is 5.69 Å². The zero-order valence-corrected chi connectivity index (χ0v) is 11.2. The SMILES string of the molecule is Cc1noc(C)c1CC(C#N)c1ccc([N+](=O)[O-])cc1. The standard InChI is InChI=1S/C14H13N3O3/c1-9-14(10(2)20-16-9)7-12(8-15)11-3-5-13(6-4-11)17(18)19/h3-6,12H,7H2,1-2H3. The molecule has 0 fully saturated rings. The summed E-state index contributed by atoms with van der Waals surface area (Å²) in [4.78, 5) is 10.2. The molecule has 1 unspecified atom stereocenters. The second-order valence-corrected chi connectivity index (χ2v) is 4.54. The average Bonchev–Trinajstić information content (AvgIpc) is 2.76. The van der Waals surface area contributed by atoms with Crippen molar-refractivity contribution in [1.82, 2.24) is 5.16 Å². The number of nitro benzene ring substituents is 1. The van der Waals surface area contributed by atoms with Gasteiger partial charge in [-0.3, -0.25) is 10.1 Å². The molecule has 0 saturated heterocycles. The third-order valence-corrected chi connectivity index (χ3v) is 3.25. The molecular weight excluding hydrogens is 258 g/mol. The fraction of sp³-hybridized carbons (Fsp3) is 0.286. The Bertz CT molecular complexity index is 648. The van der Waals surface area contributed by atoms with Crippen LogP contribution in [0.4, 0.5) is 5.69 Å². The molecule has 1 atom stereocenters. The van der Waals surface area contributed by atoms with Gasteiger partial charge in [-0.2, -0.15) is 5.26 Å². The number of rotatable bonds is 4. The Labute approximate surface area is 115 Å². The molecule has 0 saturated carbocycles. The van der Waals surface area contributed by atoms with Gasteiger partial charge in [0.15, 0.2) is 0 Å². The monoisotopic (exact) mass is 271 g/mol. The Morgan fingerprint density at radius 2 is 2.05 bits per heavy atom. The third-order valence-electron chi connectivity index (χ3n) is 3.25. The predicted octanol–water partition coefficient (Wildman–Crippen LogP) is 3.05. The molecule has 6 heteroatoms. The number of hydrogen-bond donors (Lipinski definition) is 0. The minimum absolute atomic E-state index is 0.0165. The van der Waals surface area contributed by atoms with Gasteiger partial charge in [0.25, 0.3) is 5.69 Å². The summed E-state index contributed by atoms with van der Waals surface area (Å²) in [5.41, 5.74) is 2.44.